The molecule has 29 heavy (non-hydrogen) atoms. The second-order valence-corrected chi connectivity index (χ2v) is 7.27. The Labute approximate surface area is 169 Å². The summed E-state index contributed by atoms with van der Waals surface area (Å²) in [7, 11) is 2.07. The minimum Gasteiger partial charge on any atom is -0.373 e. The molecular weight excluding hydrogens is 362 g/mol. The lowest BCUT2D eigenvalue weighted by Crippen LogP contribution is -2.34. The van der Waals surface area contributed by atoms with E-state index in [0.717, 1.165) is 23.4 Å². The molecule has 0 bridgehead atoms. The van der Waals surface area contributed by atoms with Gasteiger partial charge >= 0.3 is 0 Å². The van der Waals surface area contributed by atoms with Crippen LogP contribution in [-0.4, -0.2) is 45.5 Å². The zero-order valence-electron chi connectivity index (χ0n) is 16.2. The van der Waals surface area contributed by atoms with Crippen molar-refractivity contribution in [3.05, 3.63) is 84.2 Å². The van der Waals surface area contributed by atoms with Crippen molar-refractivity contribution in [1.82, 2.24) is 19.5 Å². The van der Waals surface area contributed by atoms with Crippen LogP contribution in [0.25, 0.3) is 16.9 Å². The summed E-state index contributed by atoms with van der Waals surface area (Å²) in [5, 5.41) is 4.49. The average Bonchev–Trinajstić information content (AvgIpc) is 3.13. The number of aromatic nitrogens is 3. The summed E-state index contributed by atoms with van der Waals surface area (Å²) in [5.41, 5.74) is 5.39. The van der Waals surface area contributed by atoms with Gasteiger partial charge in [0, 0.05) is 44.1 Å². The van der Waals surface area contributed by atoms with Gasteiger partial charge in [0.2, 0.25) is 0 Å². The summed E-state index contributed by atoms with van der Waals surface area (Å²) < 4.78 is 1.75. The van der Waals surface area contributed by atoms with Crippen LogP contribution in [0.3, 0.4) is 0 Å². The van der Waals surface area contributed by atoms with Crippen LogP contribution >= 0.6 is 0 Å². The van der Waals surface area contributed by atoms with E-state index in [-0.39, 0.29) is 5.91 Å². The predicted octanol–water partition coefficient (Wildman–Crippen LogP) is 3.49. The molecule has 0 atom stereocenters. The molecule has 0 aliphatic carbocycles. The molecule has 2 aromatic carbocycles. The number of benzene rings is 2. The van der Waals surface area contributed by atoms with E-state index in [1.165, 1.54) is 5.69 Å². The molecule has 1 aliphatic rings. The van der Waals surface area contributed by atoms with Crippen LogP contribution in [0.1, 0.15) is 15.9 Å². The van der Waals surface area contributed by atoms with Crippen LogP contribution in [-0.2, 0) is 6.54 Å². The first-order chi connectivity index (χ1) is 14.2. The molecule has 0 unspecified atom stereocenters. The number of para-hydroxylation sites is 1. The lowest BCUT2D eigenvalue weighted by atomic mass is 10.1. The zero-order chi connectivity index (χ0) is 19.8. The van der Waals surface area contributed by atoms with Crippen molar-refractivity contribution in [2.75, 3.05) is 25.0 Å². The van der Waals surface area contributed by atoms with Crippen molar-refractivity contribution >= 4 is 17.2 Å². The molecule has 6 nitrogen and oxygen atoms in total. The molecular formula is C23H21N5O. The van der Waals surface area contributed by atoms with E-state index in [1.807, 2.05) is 53.4 Å². The van der Waals surface area contributed by atoms with Crippen molar-refractivity contribution in [3.63, 3.8) is 0 Å². The lowest BCUT2D eigenvalue weighted by Gasteiger charge is -2.20. The van der Waals surface area contributed by atoms with E-state index in [9.17, 15) is 4.79 Å². The molecule has 5 rings (SSSR count). The van der Waals surface area contributed by atoms with E-state index >= 15 is 0 Å². The highest BCUT2D eigenvalue weighted by atomic mass is 16.2. The highest BCUT2D eigenvalue weighted by molar-refractivity contribution is 6.00. The van der Waals surface area contributed by atoms with E-state index in [1.54, 1.807) is 16.9 Å². The van der Waals surface area contributed by atoms with Crippen molar-refractivity contribution in [3.8, 4) is 11.3 Å². The molecule has 1 aliphatic heterocycles. The first-order valence-electron chi connectivity index (χ1n) is 9.69. The predicted molar refractivity (Wildman–Crippen MR) is 113 cm³/mol. The zero-order valence-corrected chi connectivity index (χ0v) is 16.2. The van der Waals surface area contributed by atoms with Gasteiger partial charge in [0.25, 0.3) is 5.91 Å². The SMILES string of the molecule is CN1CCN(C(=O)c2cnn3c(-c4ccccc4)ccnc23)Cc2ccccc21. The summed E-state index contributed by atoms with van der Waals surface area (Å²) in [5.74, 6) is -0.0391. The van der Waals surface area contributed by atoms with E-state index in [2.05, 4.69) is 34.2 Å². The van der Waals surface area contributed by atoms with Gasteiger partial charge in [-0.3, -0.25) is 4.79 Å². The second-order valence-electron chi connectivity index (χ2n) is 7.27. The summed E-state index contributed by atoms with van der Waals surface area (Å²) in [4.78, 5) is 22.0. The second kappa shape index (κ2) is 7.05. The van der Waals surface area contributed by atoms with Gasteiger partial charge in [-0.1, -0.05) is 48.5 Å². The van der Waals surface area contributed by atoms with Crippen molar-refractivity contribution in [2.24, 2.45) is 0 Å². The van der Waals surface area contributed by atoms with Gasteiger partial charge < -0.3 is 9.80 Å². The highest BCUT2D eigenvalue weighted by Gasteiger charge is 2.25. The first-order valence-corrected chi connectivity index (χ1v) is 9.69. The number of amides is 1. The number of carbonyl (C=O) groups is 1. The van der Waals surface area contributed by atoms with Gasteiger partial charge in [0.15, 0.2) is 5.65 Å². The molecule has 2 aromatic heterocycles. The molecule has 144 valence electrons. The molecule has 3 heterocycles. The van der Waals surface area contributed by atoms with E-state index in [4.69, 9.17) is 0 Å². The Balaban J connectivity index is 1.53. The Hall–Kier alpha value is -3.67. The standard InChI is InChI=1S/C23H21N5O/c1-26-13-14-27(16-18-9-5-6-10-20(18)26)23(29)19-15-25-28-21(11-12-24-22(19)28)17-7-3-2-4-8-17/h2-12,15H,13-14,16H2,1H3. The number of likely N-dealkylation sites (N-methyl/N-ethyl adjacent to an activating group) is 1. The van der Waals surface area contributed by atoms with E-state index in [0.29, 0.717) is 24.3 Å². The number of carbonyl (C=O) groups excluding carboxylic acids is 1. The topological polar surface area (TPSA) is 53.7 Å². The summed E-state index contributed by atoms with van der Waals surface area (Å²) in [6, 6.07) is 20.2. The number of anilines is 1. The third-order valence-corrected chi connectivity index (χ3v) is 5.46. The first kappa shape index (κ1) is 17.4. The van der Waals surface area contributed by atoms with Crippen molar-refractivity contribution in [1.29, 1.82) is 0 Å². The molecule has 1 amide bonds. The fraction of sp³-hybridized carbons (Fsp3) is 0.174. The van der Waals surface area contributed by atoms with Crippen LogP contribution < -0.4 is 4.90 Å². The van der Waals surface area contributed by atoms with Gasteiger partial charge in [-0.05, 0) is 17.7 Å². The smallest absolute Gasteiger partial charge is 0.259 e. The van der Waals surface area contributed by atoms with Gasteiger partial charge in [-0.15, -0.1) is 0 Å². The minimum atomic E-state index is -0.0391. The Morgan fingerprint density at radius 1 is 0.966 bits per heavy atom. The number of rotatable bonds is 2. The van der Waals surface area contributed by atoms with Gasteiger partial charge in [0.05, 0.1) is 11.9 Å². The monoisotopic (exact) mass is 383 g/mol. The lowest BCUT2D eigenvalue weighted by molar-refractivity contribution is 0.0753. The fourth-order valence-electron chi connectivity index (χ4n) is 3.91. The van der Waals surface area contributed by atoms with Crippen LogP contribution in [0.2, 0.25) is 0 Å². The third kappa shape index (κ3) is 3.02. The maximum Gasteiger partial charge on any atom is 0.259 e. The highest BCUT2D eigenvalue weighted by Crippen LogP contribution is 2.26. The maximum atomic E-state index is 13.4. The number of hydrogen-bond acceptors (Lipinski definition) is 4. The van der Waals surface area contributed by atoms with Crippen LogP contribution in [0, 0.1) is 0 Å². The van der Waals surface area contributed by atoms with Gasteiger partial charge in [-0.25, -0.2) is 9.50 Å². The van der Waals surface area contributed by atoms with Crippen molar-refractivity contribution in [2.45, 2.75) is 6.54 Å². The van der Waals surface area contributed by atoms with E-state index < -0.39 is 0 Å². The maximum absolute atomic E-state index is 13.4. The normalized spacial score (nSPS) is 14.0. The van der Waals surface area contributed by atoms with Crippen molar-refractivity contribution < 1.29 is 4.79 Å². The third-order valence-electron chi connectivity index (χ3n) is 5.46. The number of hydrogen-bond donors (Lipinski definition) is 0. The molecule has 0 fully saturated rings. The molecule has 0 spiro atoms. The van der Waals surface area contributed by atoms with Gasteiger partial charge in [0.1, 0.15) is 5.56 Å². The Morgan fingerprint density at radius 3 is 2.62 bits per heavy atom. The molecule has 0 radical (unpaired) electrons. The molecule has 0 saturated heterocycles. The van der Waals surface area contributed by atoms with Crippen LogP contribution in [0.5, 0.6) is 0 Å². The Morgan fingerprint density at radius 2 is 1.76 bits per heavy atom. The molecule has 0 saturated carbocycles. The summed E-state index contributed by atoms with van der Waals surface area (Å²) in [6.45, 7) is 2.01. The summed E-state index contributed by atoms with van der Waals surface area (Å²) in [6.07, 6.45) is 3.37. The molecule has 6 heteroatoms. The minimum absolute atomic E-state index is 0.0391. The Kier molecular flexibility index (Phi) is 4.24. The summed E-state index contributed by atoms with van der Waals surface area (Å²) >= 11 is 0. The molecule has 4 aromatic rings. The average molecular weight is 383 g/mol. The fourth-order valence-corrected chi connectivity index (χ4v) is 3.91. The molecule has 0 N–H and O–H groups in total. The number of fused-ring (bicyclic) bond motifs is 2. The van der Waals surface area contributed by atoms with Crippen LogP contribution in [0.15, 0.2) is 73.1 Å². The van der Waals surface area contributed by atoms with Gasteiger partial charge in [-0.2, -0.15) is 5.10 Å². The Bertz CT molecular complexity index is 1180. The largest absolute Gasteiger partial charge is 0.373 e. The quantitative estimate of drug-likeness (QED) is 0.532. The number of nitrogens with zero attached hydrogens (tertiary/aromatic N) is 5. The van der Waals surface area contributed by atoms with Crippen LogP contribution in [0.4, 0.5) is 5.69 Å².